The Morgan fingerprint density at radius 2 is 1.54 bits per heavy atom. The van der Waals surface area contributed by atoms with E-state index in [2.05, 4.69) is 9.97 Å². The number of hydrogen-bond donors (Lipinski definition) is 1. The van der Waals surface area contributed by atoms with Gasteiger partial charge in [-0.15, -0.1) is 0 Å². The molecule has 1 heterocycles. The predicted molar refractivity (Wildman–Crippen MR) is 90.9 cm³/mol. The third kappa shape index (κ3) is 2.85. The second-order valence-electron chi connectivity index (χ2n) is 5.33. The molecule has 116 valence electrons. The van der Waals surface area contributed by atoms with Gasteiger partial charge in [0.2, 0.25) is 0 Å². The van der Waals surface area contributed by atoms with Gasteiger partial charge in [0, 0.05) is 11.1 Å². The lowest BCUT2D eigenvalue weighted by molar-refractivity contribution is 0.0995. The van der Waals surface area contributed by atoms with E-state index in [0.717, 1.165) is 16.7 Å². The minimum absolute atomic E-state index is 0.0720. The molecule has 1 amide bonds. The summed E-state index contributed by atoms with van der Waals surface area (Å²) in [5, 5.41) is 9.28. The van der Waals surface area contributed by atoms with Crippen LogP contribution in [0.4, 0.5) is 0 Å². The molecule has 0 saturated carbocycles. The van der Waals surface area contributed by atoms with Gasteiger partial charge in [0.15, 0.2) is 11.4 Å². The first kappa shape index (κ1) is 15.4. The number of nitrogens with two attached hydrogens (primary N) is 1. The Morgan fingerprint density at radius 3 is 2.12 bits per heavy atom. The fourth-order valence-electron chi connectivity index (χ4n) is 2.40. The molecular weight excluding hydrogens is 300 g/mol. The molecular formula is C19H14N4O. The van der Waals surface area contributed by atoms with Gasteiger partial charge in [0.05, 0.1) is 11.4 Å². The van der Waals surface area contributed by atoms with Crippen molar-refractivity contribution in [3.05, 3.63) is 71.5 Å². The Labute approximate surface area is 139 Å². The first-order chi connectivity index (χ1) is 11.6. The summed E-state index contributed by atoms with van der Waals surface area (Å²) in [6.07, 6.45) is 0. The molecule has 2 aromatic carbocycles. The molecule has 0 atom stereocenters. The second-order valence-corrected chi connectivity index (χ2v) is 5.33. The summed E-state index contributed by atoms with van der Waals surface area (Å²) in [7, 11) is 0. The molecule has 5 nitrogen and oxygen atoms in total. The number of primary amides is 1. The average molecular weight is 314 g/mol. The van der Waals surface area contributed by atoms with Crippen LogP contribution in [-0.4, -0.2) is 15.9 Å². The van der Waals surface area contributed by atoms with E-state index in [1.807, 2.05) is 67.6 Å². The molecule has 0 aliphatic rings. The summed E-state index contributed by atoms with van der Waals surface area (Å²) < 4.78 is 0. The number of amides is 1. The fraction of sp³-hybridized carbons (Fsp3) is 0.0526. The van der Waals surface area contributed by atoms with Crippen LogP contribution in [0.3, 0.4) is 0 Å². The Hall–Kier alpha value is -3.52. The summed E-state index contributed by atoms with van der Waals surface area (Å²) in [5.74, 6) is -0.771. The number of nitrogens with zero attached hydrogens (tertiary/aromatic N) is 3. The van der Waals surface area contributed by atoms with Gasteiger partial charge in [-0.25, -0.2) is 9.97 Å². The largest absolute Gasteiger partial charge is 0.364 e. The first-order valence-electron chi connectivity index (χ1n) is 7.34. The van der Waals surface area contributed by atoms with Gasteiger partial charge in [0.1, 0.15) is 6.07 Å². The van der Waals surface area contributed by atoms with E-state index in [9.17, 15) is 10.1 Å². The standard InChI is InChI=1S/C19H14N4O/c1-12-7-9-14(10-8-12)17-16(13-5-3-2-4-6-13)22-15(11-20)18(23-17)19(21)24/h2-10H,1H3,(H2,21,24). The van der Waals surface area contributed by atoms with Crippen molar-refractivity contribution >= 4 is 5.91 Å². The van der Waals surface area contributed by atoms with Crippen molar-refractivity contribution in [2.45, 2.75) is 6.92 Å². The number of carbonyl (C=O) groups is 1. The molecule has 24 heavy (non-hydrogen) atoms. The van der Waals surface area contributed by atoms with Crippen molar-refractivity contribution in [1.82, 2.24) is 9.97 Å². The van der Waals surface area contributed by atoms with Crippen LogP contribution in [0.1, 0.15) is 21.7 Å². The minimum Gasteiger partial charge on any atom is -0.364 e. The van der Waals surface area contributed by atoms with Crippen molar-refractivity contribution in [2.75, 3.05) is 0 Å². The van der Waals surface area contributed by atoms with Gasteiger partial charge < -0.3 is 5.73 Å². The zero-order valence-corrected chi connectivity index (χ0v) is 13.0. The molecule has 2 N–H and O–H groups in total. The molecule has 0 fully saturated rings. The number of benzene rings is 2. The Balaban J connectivity index is 2.32. The number of nitriles is 1. The monoisotopic (exact) mass is 314 g/mol. The van der Waals surface area contributed by atoms with Crippen LogP contribution in [-0.2, 0) is 0 Å². The number of aryl methyl sites for hydroxylation is 1. The summed E-state index contributed by atoms with van der Waals surface area (Å²) >= 11 is 0. The Bertz CT molecular complexity index is 942. The van der Waals surface area contributed by atoms with Crippen LogP contribution in [0.2, 0.25) is 0 Å². The van der Waals surface area contributed by atoms with E-state index in [-0.39, 0.29) is 11.4 Å². The highest BCUT2D eigenvalue weighted by atomic mass is 16.1. The van der Waals surface area contributed by atoms with Crippen LogP contribution in [0.25, 0.3) is 22.5 Å². The SMILES string of the molecule is Cc1ccc(-c2nc(C(N)=O)c(C#N)nc2-c2ccccc2)cc1. The highest BCUT2D eigenvalue weighted by Crippen LogP contribution is 2.30. The van der Waals surface area contributed by atoms with Crippen molar-refractivity contribution in [3.8, 4) is 28.6 Å². The molecule has 0 aliphatic heterocycles. The Morgan fingerprint density at radius 1 is 0.958 bits per heavy atom. The van der Waals surface area contributed by atoms with E-state index in [4.69, 9.17) is 5.73 Å². The van der Waals surface area contributed by atoms with Crippen molar-refractivity contribution in [3.63, 3.8) is 0 Å². The third-order valence-corrected chi connectivity index (χ3v) is 3.61. The normalized spacial score (nSPS) is 10.2. The quantitative estimate of drug-likeness (QED) is 0.804. The lowest BCUT2D eigenvalue weighted by Gasteiger charge is -2.11. The summed E-state index contributed by atoms with van der Waals surface area (Å²) in [6, 6.07) is 19.0. The van der Waals surface area contributed by atoms with Crippen molar-refractivity contribution in [2.24, 2.45) is 5.73 Å². The van der Waals surface area contributed by atoms with Gasteiger partial charge in [0.25, 0.3) is 5.91 Å². The lowest BCUT2D eigenvalue weighted by Crippen LogP contribution is -2.17. The first-order valence-corrected chi connectivity index (χ1v) is 7.34. The predicted octanol–water partition coefficient (Wildman–Crippen LogP) is 3.09. The van der Waals surface area contributed by atoms with Crippen LogP contribution >= 0.6 is 0 Å². The smallest absolute Gasteiger partial charge is 0.270 e. The molecule has 5 heteroatoms. The van der Waals surface area contributed by atoms with Crippen LogP contribution < -0.4 is 5.73 Å². The number of carbonyl (C=O) groups excluding carboxylic acids is 1. The number of hydrogen-bond acceptors (Lipinski definition) is 4. The lowest BCUT2D eigenvalue weighted by atomic mass is 10.0. The molecule has 0 unspecified atom stereocenters. The minimum atomic E-state index is -0.771. The van der Waals surface area contributed by atoms with E-state index in [0.29, 0.717) is 11.4 Å². The summed E-state index contributed by atoms with van der Waals surface area (Å²) in [5.41, 5.74) is 8.96. The zero-order chi connectivity index (χ0) is 17.1. The number of aromatic nitrogens is 2. The van der Waals surface area contributed by atoms with E-state index in [1.165, 1.54) is 0 Å². The molecule has 0 spiro atoms. The van der Waals surface area contributed by atoms with Gasteiger partial charge in [-0.3, -0.25) is 4.79 Å². The van der Waals surface area contributed by atoms with Crippen LogP contribution in [0.5, 0.6) is 0 Å². The topological polar surface area (TPSA) is 92.7 Å². The maximum Gasteiger partial charge on any atom is 0.270 e. The van der Waals surface area contributed by atoms with Gasteiger partial charge in [-0.1, -0.05) is 60.2 Å². The van der Waals surface area contributed by atoms with Crippen molar-refractivity contribution < 1.29 is 4.79 Å². The van der Waals surface area contributed by atoms with E-state index in [1.54, 1.807) is 0 Å². The molecule has 3 aromatic rings. The molecule has 3 rings (SSSR count). The fourth-order valence-corrected chi connectivity index (χ4v) is 2.40. The molecule has 0 radical (unpaired) electrons. The molecule has 0 aliphatic carbocycles. The third-order valence-electron chi connectivity index (χ3n) is 3.61. The zero-order valence-electron chi connectivity index (χ0n) is 13.0. The average Bonchev–Trinajstić information content (AvgIpc) is 2.62. The maximum absolute atomic E-state index is 11.6. The summed E-state index contributed by atoms with van der Waals surface area (Å²) in [6.45, 7) is 1.99. The molecule has 0 saturated heterocycles. The second kappa shape index (κ2) is 6.31. The van der Waals surface area contributed by atoms with Crippen LogP contribution in [0.15, 0.2) is 54.6 Å². The van der Waals surface area contributed by atoms with Crippen molar-refractivity contribution in [1.29, 1.82) is 5.26 Å². The molecule has 0 bridgehead atoms. The highest BCUT2D eigenvalue weighted by Gasteiger charge is 2.19. The molecule has 1 aromatic heterocycles. The Kier molecular flexibility index (Phi) is 4.04. The van der Waals surface area contributed by atoms with Crippen LogP contribution in [0, 0.1) is 18.3 Å². The number of rotatable bonds is 3. The van der Waals surface area contributed by atoms with Gasteiger partial charge in [-0.2, -0.15) is 5.26 Å². The van der Waals surface area contributed by atoms with E-state index < -0.39 is 5.91 Å². The van der Waals surface area contributed by atoms with Gasteiger partial charge in [-0.05, 0) is 6.92 Å². The maximum atomic E-state index is 11.6. The van der Waals surface area contributed by atoms with Gasteiger partial charge >= 0.3 is 0 Å². The van der Waals surface area contributed by atoms with E-state index >= 15 is 0 Å². The summed E-state index contributed by atoms with van der Waals surface area (Å²) in [4.78, 5) is 20.4. The highest BCUT2D eigenvalue weighted by molar-refractivity contribution is 5.94.